The van der Waals surface area contributed by atoms with Crippen LogP contribution < -0.4 is 0 Å². The fourth-order valence-corrected chi connectivity index (χ4v) is 4.25. The third-order valence-corrected chi connectivity index (χ3v) is 5.31. The van der Waals surface area contributed by atoms with Crippen LogP contribution in [0, 0.1) is 23.7 Å². The van der Waals surface area contributed by atoms with E-state index in [1.165, 1.54) is 4.90 Å². The number of amides is 2. The van der Waals surface area contributed by atoms with Gasteiger partial charge in [0.15, 0.2) is 0 Å². The predicted octanol–water partition coefficient (Wildman–Crippen LogP) is 0.126. The zero-order valence-electron chi connectivity index (χ0n) is 11.5. The van der Waals surface area contributed by atoms with E-state index in [2.05, 4.69) is 17.1 Å². The highest BCUT2D eigenvalue weighted by molar-refractivity contribution is 6.06. The van der Waals surface area contributed by atoms with Crippen molar-refractivity contribution in [1.82, 2.24) is 9.80 Å². The smallest absolute Gasteiger partial charge is 0.233 e. The minimum atomic E-state index is -0.0535. The lowest BCUT2D eigenvalue weighted by atomic mass is 9.85. The molecule has 2 saturated heterocycles. The lowest BCUT2D eigenvalue weighted by molar-refractivity contribution is -0.141. The van der Waals surface area contributed by atoms with Gasteiger partial charge in [0.25, 0.3) is 0 Å². The molecule has 2 amide bonds. The van der Waals surface area contributed by atoms with Crippen LogP contribution in [0.1, 0.15) is 6.42 Å². The van der Waals surface area contributed by atoms with E-state index in [1.54, 1.807) is 0 Å². The Kier molecular flexibility index (Phi) is 2.93. The molecule has 0 spiro atoms. The van der Waals surface area contributed by atoms with Gasteiger partial charge in [0.05, 0.1) is 25.0 Å². The average Bonchev–Trinajstić information content (AvgIpc) is 3.13. The summed E-state index contributed by atoms with van der Waals surface area (Å²) < 4.78 is 5.31. The maximum Gasteiger partial charge on any atom is 0.233 e. The third-order valence-electron chi connectivity index (χ3n) is 5.31. The molecule has 0 aromatic rings. The molecular weight excluding hydrogens is 256 g/mol. The fourth-order valence-electron chi connectivity index (χ4n) is 4.25. The molecule has 0 N–H and O–H groups in total. The predicted molar refractivity (Wildman–Crippen MR) is 71.7 cm³/mol. The van der Waals surface area contributed by atoms with E-state index in [0.717, 1.165) is 39.3 Å². The van der Waals surface area contributed by atoms with Crippen LogP contribution in [-0.4, -0.2) is 61.0 Å². The molecular formula is C15H20N2O3. The summed E-state index contributed by atoms with van der Waals surface area (Å²) in [4.78, 5) is 28.8. The van der Waals surface area contributed by atoms with Crippen LogP contribution in [0.2, 0.25) is 0 Å². The van der Waals surface area contributed by atoms with E-state index < -0.39 is 0 Å². The van der Waals surface area contributed by atoms with Crippen LogP contribution in [0.3, 0.4) is 0 Å². The first-order chi connectivity index (χ1) is 9.75. The lowest BCUT2D eigenvalue weighted by Gasteiger charge is -2.28. The minimum Gasteiger partial charge on any atom is -0.379 e. The molecule has 0 aromatic carbocycles. The molecule has 0 radical (unpaired) electrons. The lowest BCUT2D eigenvalue weighted by Crippen LogP contribution is -2.43. The molecule has 108 valence electrons. The molecule has 4 atom stereocenters. The number of rotatable bonds is 3. The van der Waals surface area contributed by atoms with Gasteiger partial charge in [-0.1, -0.05) is 12.2 Å². The highest BCUT2D eigenvalue weighted by Gasteiger charge is 2.58. The summed E-state index contributed by atoms with van der Waals surface area (Å²) in [6.07, 6.45) is 5.29. The Morgan fingerprint density at radius 1 is 1.00 bits per heavy atom. The highest BCUT2D eigenvalue weighted by Crippen LogP contribution is 2.52. The van der Waals surface area contributed by atoms with Crippen molar-refractivity contribution >= 4 is 11.8 Å². The van der Waals surface area contributed by atoms with E-state index in [-0.39, 0.29) is 23.7 Å². The van der Waals surface area contributed by atoms with Gasteiger partial charge in [-0.15, -0.1) is 0 Å². The summed E-state index contributed by atoms with van der Waals surface area (Å²) >= 11 is 0. The van der Waals surface area contributed by atoms with Gasteiger partial charge in [0.2, 0.25) is 11.8 Å². The van der Waals surface area contributed by atoms with Gasteiger partial charge in [-0.25, -0.2) is 0 Å². The zero-order chi connectivity index (χ0) is 13.7. The number of allylic oxidation sites excluding steroid dienone is 2. The van der Waals surface area contributed by atoms with Crippen LogP contribution in [0.5, 0.6) is 0 Å². The average molecular weight is 276 g/mol. The van der Waals surface area contributed by atoms with Crippen molar-refractivity contribution in [1.29, 1.82) is 0 Å². The largest absolute Gasteiger partial charge is 0.379 e. The standard InChI is InChI=1S/C15H20N2O3/c18-14-12-10-1-2-11(9-10)13(12)15(19)17(14)4-3-16-5-7-20-8-6-16/h1-2,10-13H,3-9H2/t10-,11+,12-,13+. The molecule has 1 saturated carbocycles. The second kappa shape index (κ2) is 4.67. The summed E-state index contributed by atoms with van der Waals surface area (Å²) in [5.74, 6) is 0.671. The normalized spacial score (nSPS) is 39.9. The molecule has 4 aliphatic rings. The number of carbonyl (C=O) groups is 2. The van der Waals surface area contributed by atoms with Crippen LogP contribution >= 0.6 is 0 Å². The SMILES string of the molecule is O=C1[C@@H]2[C@H](C(=O)N1CCN1CCOCC1)[C@@H]1C=C[C@H]2C1. The Bertz CT molecular complexity index is 440. The summed E-state index contributed by atoms with van der Waals surface area (Å²) in [5, 5.41) is 0. The molecule has 4 rings (SSSR count). The first-order valence-electron chi connectivity index (χ1n) is 7.59. The van der Waals surface area contributed by atoms with Gasteiger partial charge in [-0.05, 0) is 18.3 Å². The van der Waals surface area contributed by atoms with Crippen molar-refractivity contribution < 1.29 is 14.3 Å². The summed E-state index contributed by atoms with van der Waals surface area (Å²) in [7, 11) is 0. The van der Waals surface area contributed by atoms with Crippen LogP contribution in [-0.2, 0) is 14.3 Å². The Balaban J connectivity index is 1.42. The van der Waals surface area contributed by atoms with Crippen molar-refractivity contribution in [2.75, 3.05) is 39.4 Å². The molecule has 5 heteroatoms. The van der Waals surface area contributed by atoms with E-state index in [1.807, 2.05) is 0 Å². The second-order valence-corrected chi connectivity index (χ2v) is 6.28. The fraction of sp³-hybridized carbons (Fsp3) is 0.733. The third kappa shape index (κ3) is 1.76. The Hall–Kier alpha value is -1.20. The molecule has 20 heavy (non-hydrogen) atoms. The molecule has 5 nitrogen and oxygen atoms in total. The maximum atomic E-state index is 12.5. The second-order valence-electron chi connectivity index (χ2n) is 6.28. The molecule has 3 fully saturated rings. The van der Waals surface area contributed by atoms with Crippen molar-refractivity contribution in [2.45, 2.75) is 6.42 Å². The van der Waals surface area contributed by atoms with Gasteiger partial charge >= 0.3 is 0 Å². The number of likely N-dealkylation sites (tertiary alicyclic amines) is 1. The number of hydrogen-bond acceptors (Lipinski definition) is 4. The summed E-state index contributed by atoms with van der Waals surface area (Å²) in [5.41, 5.74) is 0. The Labute approximate surface area is 118 Å². The van der Waals surface area contributed by atoms with E-state index in [4.69, 9.17) is 4.74 Å². The number of imide groups is 1. The van der Waals surface area contributed by atoms with Crippen molar-refractivity contribution in [3.8, 4) is 0 Å². The molecule has 0 unspecified atom stereocenters. The van der Waals surface area contributed by atoms with Crippen molar-refractivity contribution in [3.05, 3.63) is 12.2 Å². The van der Waals surface area contributed by atoms with E-state index >= 15 is 0 Å². The maximum absolute atomic E-state index is 12.5. The van der Waals surface area contributed by atoms with Crippen molar-refractivity contribution in [3.63, 3.8) is 0 Å². The Morgan fingerprint density at radius 2 is 1.60 bits per heavy atom. The highest BCUT2D eigenvalue weighted by atomic mass is 16.5. The summed E-state index contributed by atoms with van der Waals surface area (Å²) in [6, 6.07) is 0. The van der Waals surface area contributed by atoms with Gasteiger partial charge < -0.3 is 4.74 Å². The van der Waals surface area contributed by atoms with Gasteiger partial charge in [-0.3, -0.25) is 19.4 Å². The molecule has 2 bridgehead atoms. The monoisotopic (exact) mass is 276 g/mol. The number of morpholine rings is 1. The van der Waals surface area contributed by atoms with Gasteiger partial charge in [0.1, 0.15) is 0 Å². The quantitative estimate of drug-likeness (QED) is 0.543. The Morgan fingerprint density at radius 3 is 2.20 bits per heavy atom. The van der Waals surface area contributed by atoms with Gasteiger partial charge in [0, 0.05) is 26.2 Å². The van der Waals surface area contributed by atoms with Crippen LogP contribution in [0.4, 0.5) is 0 Å². The molecule has 2 aliphatic carbocycles. The van der Waals surface area contributed by atoms with Crippen molar-refractivity contribution in [2.24, 2.45) is 23.7 Å². The first kappa shape index (κ1) is 12.5. The van der Waals surface area contributed by atoms with E-state index in [0.29, 0.717) is 18.4 Å². The summed E-state index contributed by atoms with van der Waals surface area (Å²) in [6.45, 7) is 4.63. The topological polar surface area (TPSA) is 49.9 Å². The number of ether oxygens (including phenoxy) is 1. The number of carbonyl (C=O) groups excluding carboxylic acids is 2. The first-order valence-corrected chi connectivity index (χ1v) is 7.59. The van der Waals surface area contributed by atoms with E-state index in [9.17, 15) is 9.59 Å². The van der Waals surface area contributed by atoms with Gasteiger partial charge in [-0.2, -0.15) is 0 Å². The molecule has 2 aliphatic heterocycles. The minimum absolute atomic E-state index is 0.0535. The van der Waals surface area contributed by atoms with Crippen LogP contribution in [0.25, 0.3) is 0 Å². The zero-order valence-corrected chi connectivity index (χ0v) is 11.5. The number of fused-ring (bicyclic) bond motifs is 5. The molecule has 0 aromatic heterocycles. The number of hydrogen-bond donors (Lipinski definition) is 0. The van der Waals surface area contributed by atoms with Crippen LogP contribution in [0.15, 0.2) is 12.2 Å². The molecule has 2 heterocycles. The number of nitrogens with zero attached hydrogens (tertiary/aromatic N) is 2.